The standard InChI is InChI=1S/C11H10Cl2O2S/c12-6-9(13)7-16-10-3-1-8(2-4-10)5-11(14)15/h1-4,6H,5,7H2,(H,14,15). The minimum atomic E-state index is -0.825. The molecule has 0 radical (unpaired) electrons. The number of carboxylic acid groups (broad SMARTS) is 1. The molecule has 2 nitrogen and oxygen atoms in total. The highest BCUT2D eigenvalue weighted by molar-refractivity contribution is 7.99. The molecule has 0 spiro atoms. The maximum Gasteiger partial charge on any atom is 0.307 e. The van der Waals surface area contributed by atoms with Gasteiger partial charge in [0.1, 0.15) is 0 Å². The van der Waals surface area contributed by atoms with E-state index < -0.39 is 5.97 Å². The average Bonchev–Trinajstić information content (AvgIpc) is 2.27. The van der Waals surface area contributed by atoms with Crippen molar-refractivity contribution in [3.63, 3.8) is 0 Å². The second-order valence-electron chi connectivity index (χ2n) is 3.06. The van der Waals surface area contributed by atoms with Gasteiger partial charge in [-0.1, -0.05) is 35.3 Å². The van der Waals surface area contributed by atoms with E-state index in [4.69, 9.17) is 28.3 Å². The lowest BCUT2D eigenvalue weighted by molar-refractivity contribution is -0.136. The number of rotatable bonds is 5. The lowest BCUT2D eigenvalue weighted by Gasteiger charge is -2.01. The quantitative estimate of drug-likeness (QED) is 0.833. The van der Waals surface area contributed by atoms with E-state index in [1.165, 1.54) is 5.54 Å². The molecule has 0 bridgehead atoms. The van der Waals surface area contributed by atoms with E-state index in [0.717, 1.165) is 10.5 Å². The molecule has 0 aliphatic heterocycles. The second kappa shape index (κ2) is 6.84. The number of aliphatic carboxylic acids is 1. The van der Waals surface area contributed by atoms with E-state index >= 15 is 0 Å². The Labute approximate surface area is 108 Å². The third kappa shape index (κ3) is 4.92. The van der Waals surface area contributed by atoms with Crippen molar-refractivity contribution in [2.45, 2.75) is 11.3 Å². The Kier molecular flexibility index (Phi) is 5.74. The van der Waals surface area contributed by atoms with Crippen LogP contribution in [-0.2, 0) is 11.2 Å². The summed E-state index contributed by atoms with van der Waals surface area (Å²) >= 11 is 12.7. The van der Waals surface area contributed by atoms with Gasteiger partial charge in [0.15, 0.2) is 0 Å². The van der Waals surface area contributed by atoms with E-state index in [-0.39, 0.29) is 6.42 Å². The first-order valence-electron chi connectivity index (χ1n) is 4.50. The fourth-order valence-corrected chi connectivity index (χ4v) is 2.11. The molecule has 86 valence electrons. The highest BCUT2D eigenvalue weighted by Crippen LogP contribution is 2.22. The number of hydrogen-bond donors (Lipinski definition) is 1. The van der Waals surface area contributed by atoms with Gasteiger partial charge < -0.3 is 5.11 Å². The minimum Gasteiger partial charge on any atom is -0.481 e. The monoisotopic (exact) mass is 276 g/mol. The SMILES string of the molecule is O=C(O)Cc1ccc(SCC(Cl)=CCl)cc1. The number of carbonyl (C=O) groups is 1. The number of halogens is 2. The Hall–Kier alpha value is -0.640. The summed E-state index contributed by atoms with van der Waals surface area (Å²) in [7, 11) is 0. The Balaban J connectivity index is 2.54. The Morgan fingerprint density at radius 1 is 1.38 bits per heavy atom. The first kappa shape index (κ1) is 13.4. The van der Waals surface area contributed by atoms with Crippen molar-refractivity contribution in [3.8, 4) is 0 Å². The molecule has 0 aliphatic carbocycles. The van der Waals surface area contributed by atoms with Crippen LogP contribution in [0.3, 0.4) is 0 Å². The van der Waals surface area contributed by atoms with Crippen LogP contribution in [-0.4, -0.2) is 16.8 Å². The molecule has 5 heteroatoms. The molecule has 16 heavy (non-hydrogen) atoms. The Morgan fingerprint density at radius 3 is 2.50 bits per heavy atom. The summed E-state index contributed by atoms with van der Waals surface area (Å²) in [5.41, 5.74) is 2.13. The van der Waals surface area contributed by atoms with Crippen LogP contribution >= 0.6 is 35.0 Å². The fraction of sp³-hybridized carbons (Fsp3) is 0.182. The van der Waals surface area contributed by atoms with E-state index in [0.29, 0.717) is 10.8 Å². The summed E-state index contributed by atoms with van der Waals surface area (Å²) in [5, 5.41) is 9.18. The Morgan fingerprint density at radius 2 is 2.00 bits per heavy atom. The molecule has 0 aliphatic rings. The molecule has 1 rings (SSSR count). The van der Waals surface area contributed by atoms with Crippen LogP contribution < -0.4 is 0 Å². The number of thioether (sulfide) groups is 1. The van der Waals surface area contributed by atoms with Gasteiger partial charge in [-0.25, -0.2) is 0 Å². The van der Waals surface area contributed by atoms with Crippen LogP contribution in [0.1, 0.15) is 5.56 Å². The Bertz CT molecular complexity index is 387. The molecular formula is C11H10Cl2O2S. The normalized spacial score (nSPS) is 11.5. The first-order chi connectivity index (χ1) is 7.61. The van der Waals surface area contributed by atoms with Crippen molar-refractivity contribution in [1.29, 1.82) is 0 Å². The lowest BCUT2D eigenvalue weighted by atomic mass is 10.2. The molecule has 0 heterocycles. The molecule has 1 aromatic rings. The van der Waals surface area contributed by atoms with Gasteiger partial charge in [-0.15, -0.1) is 11.8 Å². The van der Waals surface area contributed by atoms with Crippen LogP contribution in [0, 0.1) is 0 Å². The molecule has 0 fully saturated rings. The van der Waals surface area contributed by atoms with Crippen molar-refractivity contribution in [2.24, 2.45) is 0 Å². The first-order valence-corrected chi connectivity index (χ1v) is 6.30. The minimum absolute atomic E-state index is 0.0489. The van der Waals surface area contributed by atoms with Crippen LogP contribution in [0.15, 0.2) is 39.7 Å². The smallest absolute Gasteiger partial charge is 0.307 e. The molecule has 0 saturated carbocycles. The average molecular weight is 277 g/mol. The van der Waals surface area contributed by atoms with Gasteiger partial charge in [-0.05, 0) is 17.7 Å². The van der Waals surface area contributed by atoms with Crippen molar-refractivity contribution in [1.82, 2.24) is 0 Å². The van der Waals surface area contributed by atoms with Crippen LogP contribution in [0.25, 0.3) is 0 Å². The van der Waals surface area contributed by atoms with Crippen molar-refractivity contribution in [3.05, 3.63) is 40.4 Å². The van der Waals surface area contributed by atoms with Gasteiger partial charge in [0.2, 0.25) is 0 Å². The third-order valence-electron chi connectivity index (χ3n) is 1.77. The summed E-state index contributed by atoms with van der Waals surface area (Å²) < 4.78 is 0. The molecular weight excluding hydrogens is 267 g/mol. The van der Waals surface area contributed by atoms with E-state index in [9.17, 15) is 4.79 Å². The second-order valence-corrected chi connectivity index (χ2v) is 4.81. The van der Waals surface area contributed by atoms with E-state index in [1.54, 1.807) is 23.9 Å². The van der Waals surface area contributed by atoms with Gasteiger partial charge in [0, 0.05) is 21.2 Å². The molecule has 1 aromatic carbocycles. The van der Waals surface area contributed by atoms with Crippen molar-refractivity contribution < 1.29 is 9.90 Å². The summed E-state index contributed by atoms with van der Waals surface area (Å²) in [6.07, 6.45) is 0.0489. The molecule has 0 saturated heterocycles. The van der Waals surface area contributed by atoms with Gasteiger partial charge in [0.25, 0.3) is 0 Å². The van der Waals surface area contributed by atoms with Gasteiger partial charge in [-0.3, -0.25) is 4.79 Å². The molecule has 0 aromatic heterocycles. The number of carboxylic acids is 1. The summed E-state index contributed by atoms with van der Waals surface area (Å²) in [6.45, 7) is 0. The zero-order valence-corrected chi connectivity index (χ0v) is 10.6. The molecule has 0 amide bonds. The largest absolute Gasteiger partial charge is 0.481 e. The summed E-state index contributed by atoms with van der Waals surface area (Å²) in [6, 6.07) is 7.35. The highest BCUT2D eigenvalue weighted by Gasteiger charge is 2.01. The summed E-state index contributed by atoms with van der Waals surface area (Å²) in [5.74, 6) is -0.211. The third-order valence-corrected chi connectivity index (χ3v) is 3.61. The maximum atomic E-state index is 10.5. The van der Waals surface area contributed by atoms with Crippen molar-refractivity contribution >= 4 is 40.9 Å². The van der Waals surface area contributed by atoms with Crippen LogP contribution in [0.4, 0.5) is 0 Å². The van der Waals surface area contributed by atoms with Gasteiger partial charge in [-0.2, -0.15) is 0 Å². The molecule has 1 N–H and O–H groups in total. The van der Waals surface area contributed by atoms with Crippen molar-refractivity contribution in [2.75, 3.05) is 5.75 Å². The van der Waals surface area contributed by atoms with Gasteiger partial charge >= 0.3 is 5.97 Å². The molecule has 0 atom stereocenters. The number of benzene rings is 1. The van der Waals surface area contributed by atoms with Crippen LogP contribution in [0.5, 0.6) is 0 Å². The topological polar surface area (TPSA) is 37.3 Å². The predicted molar refractivity (Wildman–Crippen MR) is 68.3 cm³/mol. The van der Waals surface area contributed by atoms with E-state index in [1.807, 2.05) is 12.1 Å². The zero-order valence-electron chi connectivity index (χ0n) is 8.32. The predicted octanol–water partition coefficient (Wildman–Crippen LogP) is 3.72. The highest BCUT2D eigenvalue weighted by atomic mass is 35.5. The molecule has 0 unspecified atom stereocenters. The summed E-state index contributed by atoms with van der Waals surface area (Å²) in [4.78, 5) is 11.5. The van der Waals surface area contributed by atoms with Crippen LogP contribution in [0.2, 0.25) is 0 Å². The fourth-order valence-electron chi connectivity index (χ4n) is 1.06. The van der Waals surface area contributed by atoms with Gasteiger partial charge in [0.05, 0.1) is 6.42 Å². The van der Waals surface area contributed by atoms with E-state index in [2.05, 4.69) is 0 Å². The zero-order chi connectivity index (χ0) is 12.0. The number of hydrogen-bond acceptors (Lipinski definition) is 2. The maximum absolute atomic E-state index is 10.5. The lowest BCUT2D eigenvalue weighted by Crippen LogP contribution is -1.99.